The van der Waals surface area contributed by atoms with Crippen molar-refractivity contribution in [1.82, 2.24) is 4.90 Å². The van der Waals surface area contributed by atoms with Gasteiger partial charge in [0, 0.05) is 25.8 Å². The zero-order valence-corrected chi connectivity index (χ0v) is 15.2. The number of likely N-dealkylation sites (tertiary alicyclic amines) is 1. The lowest BCUT2D eigenvalue weighted by Crippen LogP contribution is -2.31. The van der Waals surface area contributed by atoms with Crippen LogP contribution in [0.2, 0.25) is 0 Å². The second-order valence-corrected chi connectivity index (χ2v) is 6.08. The molecule has 1 amide bonds. The molecule has 0 aliphatic carbocycles. The number of ketones is 1. The molecule has 1 unspecified atom stereocenters. The Labute approximate surface area is 156 Å². The number of ether oxygens (including phenoxy) is 2. The molecule has 1 saturated heterocycles. The molecule has 0 spiro atoms. The summed E-state index contributed by atoms with van der Waals surface area (Å²) in [7, 11) is 3.11. The molecule has 27 heavy (non-hydrogen) atoms. The minimum atomic E-state index is -0.779. The first kappa shape index (κ1) is 18.7. The van der Waals surface area contributed by atoms with Crippen LogP contribution in [0.3, 0.4) is 0 Å². The van der Waals surface area contributed by atoms with Gasteiger partial charge in [0.1, 0.15) is 23.3 Å². The van der Waals surface area contributed by atoms with E-state index < -0.39 is 17.7 Å². The zero-order chi connectivity index (χ0) is 19.4. The number of carbonyl (C=O) groups excluding carboxylic acids is 2. The topological polar surface area (TPSA) is 89.2 Å². The number of aliphatic hydroxyl groups is 1. The largest absolute Gasteiger partial charge is 0.507 e. The first-order valence-electron chi connectivity index (χ1n) is 8.53. The Hall–Kier alpha value is -3.06. The van der Waals surface area contributed by atoms with Crippen molar-refractivity contribution in [2.75, 3.05) is 27.4 Å². The summed E-state index contributed by atoms with van der Waals surface area (Å²) in [5.74, 6) is -0.604. The molecule has 0 bridgehead atoms. The SMILES string of the molecule is COCCCN1C(=O)C(=O)/C(=C(\O)c2ccc(OC)cc2)C1c1ccco1. The van der Waals surface area contributed by atoms with E-state index in [2.05, 4.69) is 0 Å². The van der Waals surface area contributed by atoms with Crippen molar-refractivity contribution in [3.63, 3.8) is 0 Å². The second-order valence-electron chi connectivity index (χ2n) is 6.08. The number of rotatable bonds is 7. The van der Waals surface area contributed by atoms with E-state index >= 15 is 0 Å². The number of amides is 1. The average molecular weight is 371 g/mol. The summed E-state index contributed by atoms with van der Waals surface area (Å²) in [5, 5.41) is 10.8. The van der Waals surface area contributed by atoms with E-state index in [4.69, 9.17) is 13.9 Å². The summed E-state index contributed by atoms with van der Waals surface area (Å²) in [4.78, 5) is 26.7. The molecule has 1 aromatic carbocycles. The highest BCUT2D eigenvalue weighted by Crippen LogP contribution is 2.39. The van der Waals surface area contributed by atoms with Gasteiger partial charge >= 0.3 is 0 Å². The van der Waals surface area contributed by atoms with Gasteiger partial charge in [0.15, 0.2) is 0 Å². The summed E-state index contributed by atoms with van der Waals surface area (Å²) < 4.78 is 15.6. The lowest BCUT2D eigenvalue weighted by Gasteiger charge is -2.23. The van der Waals surface area contributed by atoms with Crippen molar-refractivity contribution in [2.24, 2.45) is 0 Å². The van der Waals surface area contributed by atoms with Gasteiger partial charge in [0.2, 0.25) is 0 Å². The lowest BCUT2D eigenvalue weighted by molar-refractivity contribution is -0.140. The molecule has 142 valence electrons. The van der Waals surface area contributed by atoms with Crippen LogP contribution in [-0.2, 0) is 14.3 Å². The number of nitrogens with zero attached hydrogens (tertiary/aromatic N) is 1. The minimum Gasteiger partial charge on any atom is -0.507 e. The van der Waals surface area contributed by atoms with Crippen LogP contribution >= 0.6 is 0 Å². The molecule has 7 heteroatoms. The molecule has 0 radical (unpaired) electrons. The van der Waals surface area contributed by atoms with Crippen molar-refractivity contribution < 1.29 is 28.6 Å². The molecule has 2 heterocycles. The van der Waals surface area contributed by atoms with E-state index in [0.717, 1.165) is 0 Å². The number of benzene rings is 1. The normalized spacial score (nSPS) is 18.9. The van der Waals surface area contributed by atoms with Gasteiger partial charge in [-0.3, -0.25) is 9.59 Å². The summed E-state index contributed by atoms with van der Waals surface area (Å²) in [6.07, 6.45) is 2.03. The Morgan fingerprint density at radius 2 is 1.93 bits per heavy atom. The molecule has 1 aliphatic heterocycles. The van der Waals surface area contributed by atoms with Gasteiger partial charge in [-0.05, 0) is 42.8 Å². The zero-order valence-electron chi connectivity index (χ0n) is 15.2. The van der Waals surface area contributed by atoms with Crippen molar-refractivity contribution in [3.05, 3.63) is 59.6 Å². The van der Waals surface area contributed by atoms with Crippen molar-refractivity contribution in [2.45, 2.75) is 12.5 Å². The second kappa shape index (κ2) is 8.09. The number of carbonyl (C=O) groups is 2. The predicted octanol–water partition coefficient (Wildman–Crippen LogP) is 2.75. The van der Waals surface area contributed by atoms with Crippen LogP contribution in [0.25, 0.3) is 5.76 Å². The van der Waals surface area contributed by atoms with E-state index in [0.29, 0.717) is 36.6 Å². The fourth-order valence-electron chi connectivity index (χ4n) is 3.14. The van der Waals surface area contributed by atoms with Crippen LogP contribution in [-0.4, -0.2) is 49.1 Å². The number of aliphatic hydroxyl groups excluding tert-OH is 1. The Morgan fingerprint density at radius 1 is 1.19 bits per heavy atom. The molecule has 0 saturated carbocycles. The van der Waals surface area contributed by atoms with Gasteiger partial charge in [-0.2, -0.15) is 0 Å². The molecule has 1 N–H and O–H groups in total. The number of methoxy groups -OCH3 is 2. The van der Waals surface area contributed by atoms with Crippen LogP contribution in [0.5, 0.6) is 5.75 Å². The van der Waals surface area contributed by atoms with Gasteiger partial charge in [-0.1, -0.05) is 0 Å². The minimum absolute atomic E-state index is 0.0116. The smallest absolute Gasteiger partial charge is 0.295 e. The molecule has 7 nitrogen and oxygen atoms in total. The van der Waals surface area contributed by atoms with Crippen molar-refractivity contribution in [3.8, 4) is 5.75 Å². The van der Waals surface area contributed by atoms with Gasteiger partial charge < -0.3 is 23.9 Å². The first-order chi connectivity index (χ1) is 13.1. The third-order valence-corrected chi connectivity index (χ3v) is 4.46. The van der Waals surface area contributed by atoms with Crippen LogP contribution in [0.15, 0.2) is 52.7 Å². The van der Waals surface area contributed by atoms with Gasteiger partial charge in [0.25, 0.3) is 11.7 Å². The van der Waals surface area contributed by atoms with Gasteiger partial charge in [-0.25, -0.2) is 0 Å². The summed E-state index contributed by atoms with van der Waals surface area (Å²) in [6, 6.07) is 9.19. The fraction of sp³-hybridized carbons (Fsp3) is 0.300. The number of hydrogen-bond acceptors (Lipinski definition) is 6. The maximum atomic E-state index is 12.7. The molecular formula is C20H21NO6. The Kier molecular flexibility index (Phi) is 5.61. The quantitative estimate of drug-likeness (QED) is 0.348. The molecule has 2 aromatic rings. The van der Waals surface area contributed by atoms with Crippen molar-refractivity contribution in [1.29, 1.82) is 0 Å². The molecule has 1 atom stereocenters. The Bertz CT molecular complexity index is 838. The molecule has 3 rings (SSSR count). The van der Waals surface area contributed by atoms with Gasteiger partial charge in [-0.15, -0.1) is 0 Å². The fourth-order valence-corrected chi connectivity index (χ4v) is 3.14. The van der Waals surface area contributed by atoms with Crippen LogP contribution in [0.1, 0.15) is 23.8 Å². The number of hydrogen-bond donors (Lipinski definition) is 1. The van der Waals surface area contributed by atoms with E-state index in [-0.39, 0.29) is 11.3 Å². The van der Waals surface area contributed by atoms with E-state index in [9.17, 15) is 14.7 Å². The van der Waals surface area contributed by atoms with Gasteiger partial charge in [0.05, 0.1) is 18.9 Å². The summed E-state index contributed by atoms with van der Waals surface area (Å²) >= 11 is 0. The maximum Gasteiger partial charge on any atom is 0.295 e. The van der Waals surface area contributed by atoms with Crippen LogP contribution in [0, 0.1) is 0 Å². The van der Waals surface area contributed by atoms with E-state index in [1.165, 1.54) is 18.3 Å². The summed E-state index contributed by atoms with van der Waals surface area (Å²) in [6.45, 7) is 0.759. The van der Waals surface area contributed by atoms with Crippen LogP contribution in [0.4, 0.5) is 0 Å². The standard InChI is InChI=1S/C20H21NO6/c1-25-11-4-10-21-17(15-5-3-12-27-15)16(19(23)20(21)24)18(22)13-6-8-14(26-2)9-7-13/h3,5-9,12,17,22H,4,10-11H2,1-2H3/b18-16-. The first-order valence-corrected chi connectivity index (χ1v) is 8.53. The monoisotopic (exact) mass is 371 g/mol. The molecule has 1 aliphatic rings. The van der Waals surface area contributed by atoms with Crippen LogP contribution < -0.4 is 4.74 Å². The number of Topliss-reactive ketones (excluding diaryl/α,β-unsaturated/α-hetero) is 1. The lowest BCUT2D eigenvalue weighted by atomic mass is 9.99. The van der Waals surface area contributed by atoms with Crippen molar-refractivity contribution >= 4 is 17.4 Å². The summed E-state index contributed by atoms with van der Waals surface area (Å²) in [5.41, 5.74) is 0.430. The molecule has 1 fully saturated rings. The highest BCUT2D eigenvalue weighted by atomic mass is 16.5. The third-order valence-electron chi connectivity index (χ3n) is 4.46. The van der Waals surface area contributed by atoms with E-state index in [1.54, 1.807) is 43.5 Å². The number of furan rings is 1. The van der Waals surface area contributed by atoms with E-state index in [1.807, 2.05) is 0 Å². The Morgan fingerprint density at radius 3 is 2.52 bits per heavy atom. The molecular weight excluding hydrogens is 350 g/mol. The third kappa shape index (κ3) is 3.59. The highest BCUT2D eigenvalue weighted by Gasteiger charge is 2.47. The maximum absolute atomic E-state index is 12.7. The predicted molar refractivity (Wildman–Crippen MR) is 97.2 cm³/mol. The highest BCUT2D eigenvalue weighted by molar-refractivity contribution is 6.46. The molecule has 1 aromatic heterocycles. The Balaban J connectivity index is 2.04. The average Bonchev–Trinajstić information content (AvgIpc) is 3.30.